The van der Waals surface area contributed by atoms with Crippen molar-refractivity contribution in [1.82, 2.24) is 19.7 Å². The summed E-state index contributed by atoms with van der Waals surface area (Å²) in [6.45, 7) is 3.11. The number of benzene rings is 2. The quantitative estimate of drug-likeness (QED) is 0.653. The Morgan fingerprint density at radius 1 is 1.10 bits per heavy atom. The van der Waals surface area contributed by atoms with E-state index in [9.17, 15) is 9.59 Å². The van der Waals surface area contributed by atoms with Crippen molar-refractivity contribution in [2.45, 2.75) is 32.4 Å². The third-order valence-corrected chi connectivity index (χ3v) is 5.33. The molecule has 0 aliphatic carbocycles. The number of amides is 1. The number of aromatic carboxylic acids is 1. The van der Waals surface area contributed by atoms with Crippen LogP contribution in [-0.2, 0) is 6.54 Å². The third-order valence-electron chi connectivity index (χ3n) is 5.33. The van der Waals surface area contributed by atoms with Crippen LogP contribution in [-0.4, -0.2) is 49.2 Å². The van der Waals surface area contributed by atoms with Gasteiger partial charge < -0.3 is 15.3 Å². The molecule has 4 rings (SSSR count). The number of nitrogens with zero attached hydrogens (tertiary/aromatic N) is 4. The number of carboxylic acid groups (broad SMARTS) is 1. The largest absolute Gasteiger partial charge is 0.478 e. The molecule has 154 valence electrons. The SMILES string of the molecule is C[C@H]1CCCN1C(=O)c1nnc(CNc2ccc(C(=O)O)cc2)n1-c1ccccc1. The fourth-order valence-corrected chi connectivity index (χ4v) is 3.69. The van der Waals surface area contributed by atoms with Crippen molar-refractivity contribution in [3.05, 3.63) is 71.8 Å². The van der Waals surface area contributed by atoms with E-state index < -0.39 is 5.97 Å². The minimum absolute atomic E-state index is 0.117. The first kappa shape index (κ1) is 19.6. The minimum atomic E-state index is -0.968. The number of para-hydroxylation sites is 1. The molecule has 1 fully saturated rings. The molecule has 30 heavy (non-hydrogen) atoms. The summed E-state index contributed by atoms with van der Waals surface area (Å²) in [5.74, 6) is -0.190. The molecular formula is C22H23N5O3. The number of nitrogens with one attached hydrogen (secondary N) is 1. The van der Waals surface area contributed by atoms with Crippen molar-refractivity contribution < 1.29 is 14.7 Å². The summed E-state index contributed by atoms with van der Waals surface area (Å²) >= 11 is 0. The zero-order valence-electron chi connectivity index (χ0n) is 16.7. The van der Waals surface area contributed by atoms with Gasteiger partial charge in [0, 0.05) is 24.0 Å². The molecule has 1 aliphatic rings. The number of rotatable bonds is 6. The lowest BCUT2D eigenvalue weighted by Crippen LogP contribution is -2.35. The van der Waals surface area contributed by atoms with Crippen LogP contribution >= 0.6 is 0 Å². The van der Waals surface area contributed by atoms with Gasteiger partial charge in [-0.05, 0) is 56.2 Å². The molecule has 0 bridgehead atoms. The molecular weight excluding hydrogens is 382 g/mol. The fraction of sp³-hybridized carbons (Fsp3) is 0.273. The van der Waals surface area contributed by atoms with Crippen LogP contribution < -0.4 is 5.32 Å². The van der Waals surface area contributed by atoms with Crippen molar-refractivity contribution in [2.75, 3.05) is 11.9 Å². The highest BCUT2D eigenvalue weighted by Gasteiger charge is 2.30. The van der Waals surface area contributed by atoms with Gasteiger partial charge >= 0.3 is 5.97 Å². The van der Waals surface area contributed by atoms with Crippen molar-refractivity contribution >= 4 is 17.6 Å². The second-order valence-corrected chi connectivity index (χ2v) is 7.34. The first-order chi connectivity index (χ1) is 14.5. The average molecular weight is 405 g/mol. The van der Waals surface area contributed by atoms with Gasteiger partial charge in [-0.25, -0.2) is 4.79 Å². The van der Waals surface area contributed by atoms with Crippen LogP contribution in [0.15, 0.2) is 54.6 Å². The number of likely N-dealkylation sites (tertiary alicyclic amines) is 1. The third kappa shape index (κ3) is 3.89. The second-order valence-electron chi connectivity index (χ2n) is 7.34. The maximum absolute atomic E-state index is 13.2. The van der Waals surface area contributed by atoms with Gasteiger partial charge in [0.1, 0.15) is 0 Å². The molecule has 1 aliphatic heterocycles. The maximum atomic E-state index is 13.2. The molecule has 0 saturated carbocycles. The first-order valence-corrected chi connectivity index (χ1v) is 9.92. The Balaban J connectivity index is 1.62. The minimum Gasteiger partial charge on any atom is -0.478 e. The Bertz CT molecular complexity index is 1050. The Labute approximate surface area is 174 Å². The highest BCUT2D eigenvalue weighted by Crippen LogP contribution is 2.22. The van der Waals surface area contributed by atoms with Crippen LogP contribution in [0.25, 0.3) is 5.69 Å². The lowest BCUT2D eigenvalue weighted by atomic mass is 10.2. The second kappa shape index (κ2) is 8.36. The molecule has 2 heterocycles. The van der Waals surface area contributed by atoms with Crippen LogP contribution in [0.2, 0.25) is 0 Å². The van der Waals surface area contributed by atoms with E-state index in [1.165, 1.54) is 12.1 Å². The zero-order chi connectivity index (χ0) is 21.1. The van der Waals surface area contributed by atoms with Crippen molar-refractivity contribution in [1.29, 1.82) is 0 Å². The zero-order valence-corrected chi connectivity index (χ0v) is 16.7. The Hall–Kier alpha value is -3.68. The van der Waals surface area contributed by atoms with E-state index in [0.29, 0.717) is 18.2 Å². The van der Waals surface area contributed by atoms with Gasteiger partial charge in [0.05, 0.1) is 12.1 Å². The van der Waals surface area contributed by atoms with Crippen molar-refractivity contribution in [3.8, 4) is 5.69 Å². The van der Waals surface area contributed by atoms with Crippen LogP contribution in [0.1, 0.15) is 46.6 Å². The van der Waals surface area contributed by atoms with Crippen LogP contribution in [0.5, 0.6) is 0 Å². The van der Waals surface area contributed by atoms with Crippen LogP contribution in [0.4, 0.5) is 5.69 Å². The van der Waals surface area contributed by atoms with Gasteiger partial charge in [-0.1, -0.05) is 18.2 Å². The smallest absolute Gasteiger partial charge is 0.335 e. The number of anilines is 1. The monoisotopic (exact) mass is 405 g/mol. The molecule has 8 heteroatoms. The van der Waals surface area contributed by atoms with Crippen LogP contribution in [0, 0.1) is 0 Å². The lowest BCUT2D eigenvalue weighted by Gasteiger charge is -2.21. The summed E-state index contributed by atoms with van der Waals surface area (Å²) in [6.07, 6.45) is 1.99. The summed E-state index contributed by atoms with van der Waals surface area (Å²) in [4.78, 5) is 26.0. The van der Waals surface area contributed by atoms with E-state index >= 15 is 0 Å². The Morgan fingerprint density at radius 2 is 1.83 bits per heavy atom. The molecule has 1 saturated heterocycles. The normalized spacial score (nSPS) is 15.9. The van der Waals surface area contributed by atoms with Gasteiger partial charge in [-0.2, -0.15) is 0 Å². The summed E-state index contributed by atoms with van der Waals surface area (Å²) in [6, 6.07) is 16.2. The predicted octanol–water partition coefficient (Wildman–Crippen LogP) is 3.20. The standard InChI is InChI=1S/C22H23N5O3/c1-15-6-5-13-26(15)21(28)20-25-24-19(27(20)18-7-3-2-4-8-18)14-23-17-11-9-16(10-12-17)22(29)30/h2-4,7-12,15,23H,5-6,13-14H2,1H3,(H,29,30)/t15-/m0/s1. The number of carbonyl (C=O) groups is 2. The topological polar surface area (TPSA) is 100 Å². The Kier molecular flexibility index (Phi) is 5.47. The number of carbonyl (C=O) groups excluding carboxylic acids is 1. The van der Waals surface area contributed by atoms with Gasteiger partial charge in [-0.3, -0.25) is 9.36 Å². The van der Waals surface area contributed by atoms with E-state index in [0.717, 1.165) is 30.8 Å². The number of aromatic nitrogens is 3. The molecule has 0 unspecified atom stereocenters. The average Bonchev–Trinajstić information content (AvgIpc) is 3.39. The highest BCUT2D eigenvalue weighted by molar-refractivity contribution is 5.92. The maximum Gasteiger partial charge on any atom is 0.335 e. The number of carboxylic acids is 1. The molecule has 0 spiro atoms. The lowest BCUT2D eigenvalue weighted by molar-refractivity contribution is 0.0694. The predicted molar refractivity (Wildman–Crippen MR) is 112 cm³/mol. The van der Waals surface area contributed by atoms with E-state index in [-0.39, 0.29) is 17.5 Å². The molecule has 3 aromatic rings. The van der Waals surface area contributed by atoms with Crippen LogP contribution in [0.3, 0.4) is 0 Å². The Morgan fingerprint density at radius 3 is 2.47 bits per heavy atom. The molecule has 0 radical (unpaired) electrons. The van der Waals surface area contributed by atoms with Crippen molar-refractivity contribution in [3.63, 3.8) is 0 Å². The summed E-state index contributed by atoms with van der Waals surface area (Å²) in [5.41, 5.74) is 1.79. The fourth-order valence-electron chi connectivity index (χ4n) is 3.69. The summed E-state index contributed by atoms with van der Waals surface area (Å²) < 4.78 is 1.78. The molecule has 1 amide bonds. The van der Waals surface area contributed by atoms with E-state index in [2.05, 4.69) is 22.4 Å². The molecule has 1 aromatic heterocycles. The number of hydrogen-bond acceptors (Lipinski definition) is 5. The molecule has 8 nitrogen and oxygen atoms in total. The summed E-state index contributed by atoms with van der Waals surface area (Å²) in [5, 5.41) is 20.8. The molecule has 1 atom stereocenters. The molecule has 2 aromatic carbocycles. The van der Waals surface area contributed by atoms with E-state index in [1.807, 2.05) is 35.2 Å². The molecule has 2 N–H and O–H groups in total. The van der Waals surface area contributed by atoms with Crippen molar-refractivity contribution in [2.24, 2.45) is 0 Å². The van der Waals surface area contributed by atoms with E-state index in [4.69, 9.17) is 5.11 Å². The highest BCUT2D eigenvalue weighted by atomic mass is 16.4. The number of hydrogen-bond donors (Lipinski definition) is 2. The van der Waals surface area contributed by atoms with Gasteiger partial charge in [0.2, 0.25) is 5.82 Å². The van der Waals surface area contributed by atoms with E-state index in [1.54, 1.807) is 16.7 Å². The first-order valence-electron chi connectivity index (χ1n) is 9.92. The van der Waals surface area contributed by atoms with Gasteiger partial charge in [0.15, 0.2) is 5.82 Å². The summed E-state index contributed by atoms with van der Waals surface area (Å²) in [7, 11) is 0. The van der Waals surface area contributed by atoms with Gasteiger partial charge in [0.25, 0.3) is 5.91 Å². The van der Waals surface area contributed by atoms with Gasteiger partial charge in [-0.15, -0.1) is 10.2 Å².